The van der Waals surface area contributed by atoms with Gasteiger partial charge < -0.3 is 9.47 Å². The maximum absolute atomic E-state index is 13.1. The molecule has 186 valence electrons. The van der Waals surface area contributed by atoms with Crippen LogP contribution in [-0.4, -0.2) is 39.6 Å². The maximum Gasteiger partial charge on any atom is 0.269 e. The minimum atomic E-state index is -0.431. The van der Waals surface area contributed by atoms with Crippen molar-refractivity contribution >= 4 is 57.2 Å². The summed E-state index contributed by atoms with van der Waals surface area (Å²) >= 11 is 3.57. The number of non-ortho nitro benzene ring substituents is 1. The van der Waals surface area contributed by atoms with E-state index in [9.17, 15) is 14.9 Å². The molecule has 8 nitrogen and oxygen atoms in total. The van der Waals surface area contributed by atoms with Crippen molar-refractivity contribution in [1.29, 1.82) is 0 Å². The van der Waals surface area contributed by atoms with Crippen molar-refractivity contribution in [3.8, 4) is 11.5 Å². The van der Waals surface area contributed by atoms with Crippen molar-refractivity contribution in [3.63, 3.8) is 0 Å². The standard InChI is InChI=1S/C25H28IN3O5S/c1-6-33-21-12-18(13-22-24(30)28(16(4)5)25(35-22)27-15(2)3)11-20(26)23(21)34-14-17-7-9-19(10-8-17)29(31)32/h7-13,15-16H,6,14H2,1-5H3/b22-13+,27-25?. The third-order valence-electron chi connectivity index (χ3n) is 4.88. The Kier molecular flexibility index (Phi) is 9.17. The lowest BCUT2D eigenvalue weighted by Gasteiger charge is -2.20. The molecule has 0 spiro atoms. The number of nitro groups is 1. The quantitative estimate of drug-likeness (QED) is 0.144. The SMILES string of the molecule is CCOc1cc(/C=C2/SC(=NC(C)C)N(C(C)C)C2=O)cc(I)c1OCc1ccc([N+](=O)[O-])cc1. The molecule has 1 aliphatic rings. The molecule has 0 atom stereocenters. The Bertz CT molecular complexity index is 1160. The van der Waals surface area contributed by atoms with Gasteiger partial charge in [-0.05, 0) is 110 Å². The highest BCUT2D eigenvalue weighted by molar-refractivity contribution is 14.1. The first-order valence-corrected chi connectivity index (χ1v) is 13.1. The zero-order valence-corrected chi connectivity index (χ0v) is 23.3. The van der Waals surface area contributed by atoms with Gasteiger partial charge in [0.2, 0.25) is 0 Å². The predicted molar refractivity (Wildman–Crippen MR) is 148 cm³/mol. The second kappa shape index (κ2) is 11.9. The maximum atomic E-state index is 13.1. The number of thioether (sulfide) groups is 1. The van der Waals surface area contributed by atoms with Gasteiger partial charge in [-0.3, -0.25) is 24.8 Å². The molecule has 0 aromatic heterocycles. The lowest BCUT2D eigenvalue weighted by molar-refractivity contribution is -0.384. The van der Waals surface area contributed by atoms with Crippen LogP contribution >= 0.6 is 34.4 Å². The van der Waals surface area contributed by atoms with Crippen LogP contribution in [0.5, 0.6) is 11.5 Å². The van der Waals surface area contributed by atoms with Gasteiger partial charge in [0.25, 0.3) is 11.6 Å². The highest BCUT2D eigenvalue weighted by Crippen LogP contribution is 2.38. The zero-order chi connectivity index (χ0) is 25.7. The summed E-state index contributed by atoms with van der Waals surface area (Å²) in [6.07, 6.45) is 1.86. The number of aliphatic imine (C=N–C) groups is 1. The van der Waals surface area contributed by atoms with Crippen molar-refractivity contribution in [2.45, 2.75) is 53.3 Å². The van der Waals surface area contributed by atoms with Gasteiger partial charge in [0.05, 0.1) is 20.0 Å². The van der Waals surface area contributed by atoms with Crippen molar-refractivity contribution in [2.24, 2.45) is 4.99 Å². The van der Waals surface area contributed by atoms with Crippen LogP contribution in [0.15, 0.2) is 46.3 Å². The number of amidine groups is 1. The number of halogens is 1. The van der Waals surface area contributed by atoms with E-state index >= 15 is 0 Å². The minimum absolute atomic E-state index is 0.00715. The molecule has 0 unspecified atom stereocenters. The number of amides is 1. The average molecular weight is 609 g/mol. The van der Waals surface area contributed by atoms with Crippen molar-refractivity contribution in [1.82, 2.24) is 4.90 Å². The normalized spacial score (nSPS) is 16.1. The molecular weight excluding hydrogens is 581 g/mol. The van der Waals surface area contributed by atoms with E-state index in [1.807, 2.05) is 52.8 Å². The molecule has 1 amide bonds. The largest absolute Gasteiger partial charge is 0.490 e. The van der Waals surface area contributed by atoms with Crippen LogP contribution in [0.25, 0.3) is 6.08 Å². The Hall–Kier alpha value is -2.60. The van der Waals surface area contributed by atoms with Crippen LogP contribution in [0.2, 0.25) is 0 Å². The first-order valence-electron chi connectivity index (χ1n) is 11.2. The Labute approximate surface area is 223 Å². The molecule has 3 rings (SSSR count). The summed E-state index contributed by atoms with van der Waals surface area (Å²) in [5.74, 6) is 1.10. The molecule has 1 aliphatic heterocycles. The molecule has 1 fully saturated rings. The van der Waals surface area contributed by atoms with Crippen molar-refractivity contribution < 1.29 is 19.2 Å². The topological polar surface area (TPSA) is 94.3 Å². The molecular formula is C25H28IN3O5S. The van der Waals surface area contributed by atoms with Crippen molar-refractivity contribution in [2.75, 3.05) is 6.61 Å². The van der Waals surface area contributed by atoms with Crippen LogP contribution in [-0.2, 0) is 11.4 Å². The van der Waals surface area contributed by atoms with Crippen LogP contribution < -0.4 is 9.47 Å². The molecule has 1 heterocycles. The number of hydrogen-bond acceptors (Lipinski definition) is 7. The van der Waals surface area contributed by atoms with Crippen molar-refractivity contribution in [3.05, 3.63) is 66.1 Å². The number of ether oxygens (including phenoxy) is 2. The summed E-state index contributed by atoms with van der Waals surface area (Å²) in [6.45, 7) is 10.5. The third kappa shape index (κ3) is 6.75. The Morgan fingerprint density at radius 1 is 1.17 bits per heavy atom. The van der Waals surface area contributed by atoms with E-state index in [-0.39, 0.29) is 30.3 Å². The van der Waals surface area contributed by atoms with E-state index in [4.69, 9.17) is 9.47 Å². The zero-order valence-electron chi connectivity index (χ0n) is 20.3. The fraction of sp³-hybridized carbons (Fsp3) is 0.360. The molecule has 1 saturated heterocycles. The van der Waals surface area contributed by atoms with E-state index < -0.39 is 4.92 Å². The number of carbonyl (C=O) groups is 1. The van der Waals surface area contributed by atoms with E-state index in [1.54, 1.807) is 17.0 Å². The summed E-state index contributed by atoms with van der Waals surface area (Å²) in [4.78, 5) is 30.5. The van der Waals surface area contributed by atoms with Gasteiger partial charge in [-0.25, -0.2) is 0 Å². The first kappa shape index (κ1) is 27.0. The summed E-state index contributed by atoms with van der Waals surface area (Å²) in [7, 11) is 0. The number of hydrogen-bond donors (Lipinski definition) is 0. The molecule has 2 aromatic rings. The van der Waals surface area contributed by atoms with Gasteiger partial charge >= 0.3 is 0 Å². The molecule has 0 bridgehead atoms. The second-order valence-corrected chi connectivity index (χ2v) is 10.5. The second-order valence-electron chi connectivity index (χ2n) is 8.36. The van der Waals surface area contributed by atoms with E-state index in [0.717, 1.165) is 14.7 Å². The number of benzene rings is 2. The molecule has 0 aliphatic carbocycles. The molecule has 0 radical (unpaired) electrons. The van der Waals surface area contributed by atoms with Gasteiger partial charge in [0, 0.05) is 24.2 Å². The minimum Gasteiger partial charge on any atom is -0.490 e. The Morgan fingerprint density at radius 2 is 1.86 bits per heavy atom. The fourth-order valence-electron chi connectivity index (χ4n) is 3.35. The molecule has 0 saturated carbocycles. The van der Waals surface area contributed by atoms with Gasteiger partial charge in [-0.2, -0.15) is 0 Å². The van der Waals surface area contributed by atoms with Crippen LogP contribution in [0.3, 0.4) is 0 Å². The molecule has 10 heteroatoms. The monoisotopic (exact) mass is 609 g/mol. The Balaban J connectivity index is 1.87. The summed E-state index contributed by atoms with van der Waals surface area (Å²) in [5, 5.41) is 11.6. The number of nitro benzene ring substituents is 1. The highest BCUT2D eigenvalue weighted by atomic mass is 127. The fourth-order valence-corrected chi connectivity index (χ4v) is 5.36. The van der Waals surface area contributed by atoms with Gasteiger partial charge in [-0.1, -0.05) is 0 Å². The van der Waals surface area contributed by atoms with E-state index in [0.29, 0.717) is 28.2 Å². The van der Waals surface area contributed by atoms with Gasteiger partial charge in [0.1, 0.15) is 6.61 Å². The summed E-state index contributed by atoms with van der Waals surface area (Å²) in [5.41, 5.74) is 1.66. The Morgan fingerprint density at radius 3 is 2.43 bits per heavy atom. The summed E-state index contributed by atoms with van der Waals surface area (Å²) < 4.78 is 12.7. The van der Waals surface area contributed by atoms with Crippen LogP contribution in [0.1, 0.15) is 45.7 Å². The third-order valence-corrected chi connectivity index (χ3v) is 6.68. The van der Waals surface area contributed by atoms with E-state index in [2.05, 4.69) is 27.6 Å². The average Bonchev–Trinajstić information content (AvgIpc) is 3.07. The van der Waals surface area contributed by atoms with Gasteiger partial charge in [-0.15, -0.1) is 0 Å². The first-order chi connectivity index (χ1) is 16.6. The van der Waals surface area contributed by atoms with Gasteiger partial charge in [0.15, 0.2) is 16.7 Å². The molecule has 2 aromatic carbocycles. The molecule has 35 heavy (non-hydrogen) atoms. The highest BCUT2D eigenvalue weighted by Gasteiger charge is 2.35. The van der Waals surface area contributed by atoms with E-state index in [1.165, 1.54) is 23.9 Å². The summed E-state index contributed by atoms with van der Waals surface area (Å²) in [6, 6.07) is 10.1. The van der Waals surface area contributed by atoms with Crippen LogP contribution in [0.4, 0.5) is 5.69 Å². The van der Waals surface area contributed by atoms with Crippen LogP contribution in [0, 0.1) is 13.7 Å². The number of rotatable bonds is 9. The lowest BCUT2D eigenvalue weighted by atomic mass is 10.1. The smallest absolute Gasteiger partial charge is 0.269 e. The number of nitrogens with zero attached hydrogens (tertiary/aromatic N) is 3. The lowest BCUT2D eigenvalue weighted by Crippen LogP contribution is -2.35. The number of carbonyl (C=O) groups excluding carboxylic acids is 1. The molecule has 0 N–H and O–H groups in total. The predicted octanol–water partition coefficient (Wildman–Crippen LogP) is 6.27.